The summed E-state index contributed by atoms with van der Waals surface area (Å²) in [6, 6.07) is 5.42. The highest BCUT2D eigenvalue weighted by atomic mass is 79.9. The Morgan fingerprint density at radius 2 is 2.33 bits per heavy atom. The Morgan fingerprint density at radius 3 is 3.04 bits per heavy atom. The molecule has 1 aromatic heterocycles. The van der Waals surface area contributed by atoms with E-state index in [4.69, 9.17) is 25.8 Å². The van der Waals surface area contributed by atoms with E-state index in [1.54, 1.807) is 19.2 Å². The fourth-order valence-electron chi connectivity index (χ4n) is 2.66. The molecule has 0 spiro atoms. The maximum absolute atomic E-state index is 13.1. The first kappa shape index (κ1) is 17.7. The number of halogens is 3. The second kappa shape index (κ2) is 7.82. The van der Waals surface area contributed by atoms with Crippen LogP contribution in [0.25, 0.3) is 11.4 Å². The van der Waals surface area contributed by atoms with Crippen molar-refractivity contribution in [2.75, 3.05) is 27.2 Å². The highest BCUT2D eigenvalue weighted by Crippen LogP contribution is 2.33. The van der Waals surface area contributed by atoms with E-state index in [1.165, 1.54) is 0 Å². The number of hydrogen-bond acceptors (Lipinski definition) is 4. The van der Waals surface area contributed by atoms with Gasteiger partial charge in [-0.25, -0.2) is 9.37 Å². The van der Waals surface area contributed by atoms with Gasteiger partial charge in [0.1, 0.15) is 29.0 Å². The van der Waals surface area contributed by atoms with Crippen molar-refractivity contribution < 1.29 is 18.6 Å². The van der Waals surface area contributed by atoms with Gasteiger partial charge in [0.15, 0.2) is 6.79 Å². The van der Waals surface area contributed by atoms with Crippen molar-refractivity contribution in [3.63, 3.8) is 0 Å². The summed E-state index contributed by atoms with van der Waals surface area (Å²) in [6.07, 6.45) is 0.207. The maximum atomic E-state index is 13.1. The molecule has 1 unspecified atom stereocenters. The summed E-state index contributed by atoms with van der Waals surface area (Å²) < 4.78 is 31.6. The monoisotopic (exact) mass is 418 g/mol. The van der Waals surface area contributed by atoms with Gasteiger partial charge in [-0.15, -0.1) is 0 Å². The van der Waals surface area contributed by atoms with E-state index in [9.17, 15) is 4.39 Å². The lowest BCUT2D eigenvalue weighted by molar-refractivity contribution is 0.0355. The molecule has 2 aromatic rings. The molecular weight excluding hydrogens is 403 g/mol. The highest BCUT2D eigenvalue weighted by Gasteiger charge is 2.24. The molecule has 0 aliphatic carbocycles. The van der Waals surface area contributed by atoms with Crippen molar-refractivity contribution in [3.05, 3.63) is 33.5 Å². The number of aromatic nitrogens is 2. The van der Waals surface area contributed by atoms with Crippen LogP contribution in [-0.2, 0) is 22.4 Å². The molecule has 130 valence electrons. The Kier molecular flexibility index (Phi) is 5.76. The number of rotatable bonds is 5. The van der Waals surface area contributed by atoms with Gasteiger partial charge < -0.3 is 18.8 Å². The largest absolute Gasteiger partial charge is 0.466 e. The van der Waals surface area contributed by atoms with Crippen LogP contribution in [0.15, 0.2) is 22.8 Å². The molecule has 0 amide bonds. The molecule has 3 rings (SSSR count). The molecule has 1 aromatic carbocycles. The molecule has 8 heteroatoms. The smallest absolute Gasteiger partial charge is 0.188 e. The normalized spacial score (nSPS) is 17.4. The number of benzene rings is 1. The van der Waals surface area contributed by atoms with Gasteiger partial charge in [0.05, 0.1) is 23.9 Å². The van der Waals surface area contributed by atoms with E-state index in [1.807, 2.05) is 10.6 Å². The number of hydrogen-bond donors (Lipinski definition) is 0. The van der Waals surface area contributed by atoms with Gasteiger partial charge in [0, 0.05) is 19.1 Å². The second-order valence-electron chi connectivity index (χ2n) is 5.38. The predicted octanol–water partition coefficient (Wildman–Crippen LogP) is 3.86. The Morgan fingerprint density at radius 1 is 1.50 bits per heavy atom. The lowest BCUT2D eigenvalue weighted by Crippen LogP contribution is -2.21. The molecule has 1 aliphatic rings. The van der Waals surface area contributed by atoms with Gasteiger partial charge in [-0.3, -0.25) is 0 Å². The minimum Gasteiger partial charge on any atom is -0.466 e. The lowest BCUT2D eigenvalue weighted by atomic mass is 10.2. The Bertz CT molecular complexity index is 726. The number of alkyl halides is 1. The van der Waals surface area contributed by atoms with Crippen molar-refractivity contribution in [2.24, 2.45) is 0 Å². The number of imidazole rings is 1. The Hall–Kier alpha value is -1.15. The molecule has 0 radical (unpaired) electrons. The van der Waals surface area contributed by atoms with Crippen LogP contribution in [0.1, 0.15) is 5.69 Å². The minimum atomic E-state index is -0.529. The third-order valence-electron chi connectivity index (χ3n) is 3.80. The zero-order valence-electron chi connectivity index (χ0n) is 13.1. The third-order valence-corrected chi connectivity index (χ3v) is 4.73. The van der Waals surface area contributed by atoms with Crippen molar-refractivity contribution in [2.45, 2.75) is 19.1 Å². The van der Waals surface area contributed by atoms with E-state index < -0.39 is 12.8 Å². The number of nitrogens with zero attached hydrogens (tertiary/aromatic N) is 2. The Labute approximate surface area is 152 Å². The van der Waals surface area contributed by atoms with Crippen molar-refractivity contribution in [1.29, 1.82) is 0 Å². The first-order valence-electron chi connectivity index (χ1n) is 7.48. The van der Waals surface area contributed by atoms with E-state index >= 15 is 0 Å². The SMILES string of the molecule is COCOc1ccc(-c2nc(Br)c3n2CC(CF)OCC3)cc1Cl. The summed E-state index contributed by atoms with van der Waals surface area (Å²) in [5.41, 5.74) is 1.83. The fraction of sp³-hybridized carbons (Fsp3) is 0.438. The predicted molar refractivity (Wildman–Crippen MR) is 92.3 cm³/mol. The van der Waals surface area contributed by atoms with Crippen molar-refractivity contribution in [1.82, 2.24) is 9.55 Å². The van der Waals surface area contributed by atoms with Crippen LogP contribution in [-0.4, -0.2) is 42.8 Å². The quantitative estimate of drug-likeness (QED) is 0.691. The molecule has 0 saturated carbocycles. The average Bonchev–Trinajstić information content (AvgIpc) is 2.76. The summed E-state index contributed by atoms with van der Waals surface area (Å²) in [5.74, 6) is 1.26. The van der Waals surface area contributed by atoms with E-state index in [2.05, 4.69) is 20.9 Å². The van der Waals surface area contributed by atoms with Crippen LogP contribution in [0.4, 0.5) is 4.39 Å². The average molecular weight is 420 g/mol. The van der Waals surface area contributed by atoms with Gasteiger partial charge >= 0.3 is 0 Å². The van der Waals surface area contributed by atoms with Crippen LogP contribution >= 0.6 is 27.5 Å². The molecular formula is C16H17BrClFN2O3. The molecule has 1 atom stereocenters. The summed E-state index contributed by atoms with van der Waals surface area (Å²) in [4.78, 5) is 4.58. The molecule has 24 heavy (non-hydrogen) atoms. The molecule has 0 fully saturated rings. The van der Waals surface area contributed by atoms with Crippen molar-refractivity contribution >= 4 is 27.5 Å². The summed E-state index contributed by atoms with van der Waals surface area (Å²) >= 11 is 9.77. The summed E-state index contributed by atoms with van der Waals surface area (Å²) in [7, 11) is 1.54. The molecule has 0 N–H and O–H groups in total. The van der Waals surface area contributed by atoms with Crippen LogP contribution in [0.5, 0.6) is 5.75 Å². The van der Waals surface area contributed by atoms with Crippen LogP contribution in [0, 0.1) is 0 Å². The molecule has 5 nitrogen and oxygen atoms in total. The number of ether oxygens (including phenoxy) is 3. The van der Waals surface area contributed by atoms with Crippen LogP contribution in [0.2, 0.25) is 5.02 Å². The molecule has 2 heterocycles. The van der Waals surface area contributed by atoms with E-state index in [-0.39, 0.29) is 6.79 Å². The van der Waals surface area contributed by atoms with E-state index in [0.717, 1.165) is 21.7 Å². The van der Waals surface area contributed by atoms with Crippen LogP contribution < -0.4 is 4.74 Å². The lowest BCUT2D eigenvalue weighted by Gasteiger charge is -2.14. The number of methoxy groups -OCH3 is 1. The van der Waals surface area contributed by atoms with Crippen LogP contribution in [0.3, 0.4) is 0 Å². The van der Waals surface area contributed by atoms with Gasteiger partial charge in [0.2, 0.25) is 0 Å². The zero-order valence-corrected chi connectivity index (χ0v) is 15.4. The second-order valence-corrected chi connectivity index (χ2v) is 6.54. The maximum Gasteiger partial charge on any atom is 0.188 e. The fourth-order valence-corrected chi connectivity index (χ4v) is 3.48. The standard InChI is InChI=1S/C16H17BrClFN2O3/c1-22-9-24-14-3-2-10(6-12(14)18)16-20-15(17)13-4-5-23-11(7-19)8-21(13)16/h2-3,6,11H,4-5,7-9H2,1H3. The Balaban J connectivity index is 1.97. The molecule has 0 saturated heterocycles. The summed E-state index contributed by atoms with van der Waals surface area (Å²) in [5, 5.41) is 0.463. The molecule has 1 aliphatic heterocycles. The molecule has 0 bridgehead atoms. The summed E-state index contributed by atoms with van der Waals surface area (Å²) in [6.45, 7) is 0.486. The van der Waals surface area contributed by atoms with Crippen molar-refractivity contribution in [3.8, 4) is 17.1 Å². The first-order valence-corrected chi connectivity index (χ1v) is 8.65. The number of fused-ring (bicyclic) bond motifs is 1. The minimum absolute atomic E-state index is 0.124. The van der Waals surface area contributed by atoms with E-state index in [0.29, 0.717) is 30.3 Å². The first-order chi connectivity index (χ1) is 11.6. The zero-order chi connectivity index (χ0) is 17.1. The van der Waals surface area contributed by atoms with Gasteiger partial charge in [-0.1, -0.05) is 11.6 Å². The third kappa shape index (κ3) is 3.59. The van der Waals surface area contributed by atoms with Gasteiger partial charge in [-0.05, 0) is 34.1 Å². The van der Waals surface area contributed by atoms with Gasteiger partial charge in [0.25, 0.3) is 0 Å². The topological polar surface area (TPSA) is 45.5 Å². The highest BCUT2D eigenvalue weighted by molar-refractivity contribution is 9.10. The van der Waals surface area contributed by atoms with Gasteiger partial charge in [-0.2, -0.15) is 0 Å².